The molecule has 0 unspecified atom stereocenters. The van der Waals surface area contributed by atoms with Crippen LogP contribution in [0.15, 0.2) is 29.2 Å². The summed E-state index contributed by atoms with van der Waals surface area (Å²) >= 11 is 0. The lowest BCUT2D eigenvalue weighted by Gasteiger charge is -2.06. The number of hydrogen-bond donors (Lipinski definition) is 1. The Labute approximate surface area is 88.4 Å². The molecule has 1 aliphatic rings. The van der Waals surface area contributed by atoms with Crippen molar-refractivity contribution in [3.8, 4) is 0 Å². The van der Waals surface area contributed by atoms with E-state index in [-0.39, 0.29) is 10.9 Å². The monoisotopic (exact) mass is 229 g/mol. The third-order valence-electron chi connectivity index (χ3n) is 2.54. The van der Waals surface area contributed by atoms with E-state index in [9.17, 15) is 12.8 Å². The van der Waals surface area contributed by atoms with E-state index in [0.717, 1.165) is 12.5 Å². The predicted octanol–water partition coefficient (Wildman–Crippen LogP) is 1.51. The van der Waals surface area contributed by atoms with Crippen LogP contribution in [0.3, 0.4) is 0 Å². The van der Waals surface area contributed by atoms with Gasteiger partial charge in [0.25, 0.3) is 0 Å². The van der Waals surface area contributed by atoms with Gasteiger partial charge in [0.1, 0.15) is 10.7 Å². The van der Waals surface area contributed by atoms with Crippen LogP contribution >= 0.6 is 0 Å². The highest BCUT2D eigenvalue weighted by molar-refractivity contribution is 7.89. The molecule has 1 aromatic rings. The van der Waals surface area contributed by atoms with E-state index in [1.807, 2.05) is 6.92 Å². The van der Waals surface area contributed by atoms with Crippen LogP contribution in [-0.2, 0) is 10.0 Å². The maximum atomic E-state index is 13.2. The molecule has 82 valence electrons. The molecule has 0 amide bonds. The SMILES string of the molecule is C[C@@H]1C[C@H]1NS(=O)(=O)c1ccccc1F. The van der Waals surface area contributed by atoms with E-state index < -0.39 is 15.8 Å². The van der Waals surface area contributed by atoms with Gasteiger partial charge in [-0.2, -0.15) is 0 Å². The van der Waals surface area contributed by atoms with Gasteiger partial charge in [0, 0.05) is 6.04 Å². The summed E-state index contributed by atoms with van der Waals surface area (Å²) in [7, 11) is -3.69. The number of hydrogen-bond acceptors (Lipinski definition) is 2. The molecule has 1 saturated carbocycles. The number of halogens is 1. The third-order valence-corrected chi connectivity index (χ3v) is 4.07. The topological polar surface area (TPSA) is 46.2 Å². The molecule has 0 aliphatic heterocycles. The predicted molar refractivity (Wildman–Crippen MR) is 54.3 cm³/mol. The fourth-order valence-electron chi connectivity index (χ4n) is 1.41. The van der Waals surface area contributed by atoms with Crippen molar-refractivity contribution in [1.29, 1.82) is 0 Å². The van der Waals surface area contributed by atoms with Crippen molar-refractivity contribution in [2.75, 3.05) is 0 Å². The minimum Gasteiger partial charge on any atom is -0.208 e. The Bertz CT molecular complexity index is 472. The van der Waals surface area contributed by atoms with Gasteiger partial charge in [0.15, 0.2) is 0 Å². The summed E-state index contributed by atoms with van der Waals surface area (Å²) in [4.78, 5) is -0.274. The van der Waals surface area contributed by atoms with Gasteiger partial charge in [-0.05, 0) is 24.5 Å². The lowest BCUT2D eigenvalue weighted by atomic mass is 10.4. The first-order chi connectivity index (χ1) is 7.00. The van der Waals surface area contributed by atoms with Crippen molar-refractivity contribution in [3.05, 3.63) is 30.1 Å². The van der Waals surface area contributed by atoms with Crippen molar-refractivity contribution in [2.24, 2.45) is 5.92 Å². The Morgan fingerprint density at radius 2 is 2.00 bits per heavy atom. The molecule has 2 rings (SSSR count). The van der Waals surface area contributed by atoms with Crippen molar-refractivity contribution in [3.63, 3.8) is 0 Å². The molecular weight excluding hydrogens is 217 g/mol. The van der Waals surface area contributed by atoms with Gasteiger partial charge in [-0.25, -0.2) is 17.5 Å². The first kappa shape index (κ1) is 10.6. The molecule has 0 aromatic heterocycles. The van der Waals surface area contributed by atoms with Crippen LogP contribution < -0.4 is 4.72 Å². The summed E-state index contributed by atoms with van der Waals surface area (Å²) in [6.07, 6.45) is 0.827. The zero-order valence-corrected chi connectivity index (χ0v) is 9.09. The fourth-order valence-corrected chi connectivity index (χ4v) is 2.85. The van der Waals surface area contributed by atoms with E-state index in [4.69, 9.17) is 0 Å². The molecule has 0 radical (unpaired) electrons. The van der Waals surface area contributed by atoms with E-state index in [1.54, 1.807) is 0 Å². The summed E-state index contributed by atoms with van der Waals surface area (Å²) < 4.78 is 39.1. The molecule has 2 atom stereocenters. The van der Waals surface area contributed by atoms with Gasteiger partial charge in [0.2, 0.25) is 10.0 Å². The zero-order chi connectivity index (χ0) is 11.1. The first-order valence-corrected chi connectivity index (χ1v) is 6.26. The molecule has 0 saturated heterocycles. The van der Waals surface area contributed by atoms with Crippen LogP contribution in [0.1, 0.15) is 13.3 Å². The molecule has 0 spiro atoms. The van der Waals surface area contributed by atoms with Crippen molar-refractivity contribution in [1.82, 2.24) is 4.72 Å². The van der Waals surface area contributed by atoms with Gasteiger partial charge in [-0.15, -0.1) is 0 Å². The van der Waals surface area contributed by atoms with Crippen LogP contribution in [0, 0.1) is 11.7 Å². The highest BCUT2D eigenvalue weighted by atomic mass is 32.2. The Morgan fingerprint density at radius 1 is 1.40 bits per heavy atom. The fraction of sp³-hybridized carbons (Fsp3) is 0.400. The van der Waals surface area contributed by atoms with E-state index in [2.05, 4.69) is 4.72 Å². The Kier molecular flexibility index (Phi) is 2.52. The van der Waals surface area contributed by atoms with Gasteiger partial charge in [-0.3, -0.25) is 0 Å². The quantitative estimate of drug-likeness (QED) is 0.854. The highest BCUT2D eigenvalue weighted by Gasteiger charge is 2.36. The van der Waals surface area contributed by atoms with E-state index in [0.29, 0.717) is 5.92 Å². The standard InChI is InChI=1S/C10H12FNO2S/c1-7-6-9(7)12-15(13,14)10-5-3-2-4-8(10)11/h2-5,7,9,12H,6H2,1H3/t7-,9-/m1/s1. The Balaban J connectivity index is 2.26. The molecule has 0 bridgehead atoms. The van der Waals surface area contributed by atoms with Crippen LogP contribution in [0.4, 0.5) is 4.39 Å². The number of sulfonamides is 1. The van der Waals surface area contributed by atoms with Gasteiger partial charge in [0.05, 0.1) is 0 Å². The lowest BCUT2D eigenvalue weighted by molar-refractivity contribution is 0.555. The molecule has 1 N–H and O–H groups in total. The average molecular weight is 229 g/mol. The van der Waals surface area contributed by atoms with Gasteiger partial charge in [-0.1, -0.05) is 19.1 Å². The highest BCUT2D eigenvalue weighted by Crippen LogP contribution is 2.30. The second kappa shape index (κ2) is 3.57. The number of rotatable bonds is 3. The molecule has 0 heterocycles. The minimum absolute atomic E-state index is 0.0328. The third kappa shape index (κ3) is 2.18. The van der Waals surface area contributed by atoms with Crippen molar-refractivity contribution < 1.29 is 12.8 Å². The first-order valence-electron chi connectivity index (χ1n) is 4.77. The smallest absolute Gasteiger partial charge is 0.208 e. The van der Waals surface area contributed by atoms with Crippen LogP contribution in [-0.4, -0.2) is 14.5 Å². The summed E-state index contributed by atoms with van der Waals surface area (Å²) in [6, 6.07) is 5.35. The van der Waals surface area contributed by atoms with E-state index in [1.165, 1.54) is 18.2 Å². The van der Waals surface area contributed by atoms with Crippen LogP contribution in [0.25, 0.3) is 0 Å². The zero-order valence-electron chi connectivity index (χ0n) is 8.27. The van der Waals surface area contributed by atoms with Crippen LogP contribution in [0.2, 0.25) is 0 Å². The lowest BCUT2D eigenvalue weighted by Crippen LogP contribution is -2.27. The van der Waals surface area contributed by atoms with Crippen LogP contribution in [0.5, 0.6) is 0 Å². The number of nitrogens with one attached hydrogen (secondary N) is 1. The summed E-state index contributed by atoms with van der Waals surface area (Å²) in [5, 5.41) is 0. The molecular formula is C10H12FNO2S. The summed E-state index contributed by atoms with van der Waals surface area (Å²) in [5.74, 6) is -0.357. The molecule has 5 heteroatoms. The van der Waals surface area contributed by atoms with Gasteiger partial charge < -0.3 is 0 Å². The second-order valence-corrected chi connectivity index (χ2v) is 5.55. The minimum atomic E-state index is -3.69. The molecule has 15 heavy (non-hydrogen) atoms. The normalized spacial score (nSPS) is 25.2. The maximum absolute atomic E-state index is 13.2. The van der Waals surface area contributed by atoms with E-state index >= 15 is 0 Å². The maximum Gasteiger partial charge on any atom is 0.243 e. The Hall–Kier alpha value is -0.940. The molecule has 1 fully saturated rings. The molecule has 3 nitrogen and oxygen atoms in total. The Morgan fingerprint density at radius 3 is 2.53 bits per heavy atom. The molecule has 1 aromatic carbocycles. The van der Waals surface area contributed by atoms with Crippen molar-refractivity contribution >= 4 is 10.0 Å². The molecule has 1 aliphatic carbocycles. The average Bonchev–Trinajstić information content (AvgIpc) is 2.81. The number of benzene rings is 1. The largest absolute Gasteiger partial charge is 0.243 e. The van der Waals surface area contributed by atoms with Crippen molar-refractivity contribution in [2.45, 2.75) is 24.3 Å². The summed E-state index contributed by atoms with van der Waals surface area (Å²) in [5.41, 5.74) is 0. The summed E-state index contributed by atoms with van der Waals surface area (Å²) in [6.45, 7) is 1.95. The van der Waals surface area contributed by atoms with Gasteiger partial charge >= 0.3 is 0 Å². The second-order valence-electron chi connectivity index (χ2n) is 3.87.